The molecule has 0 aromatic heterocycles. The number of carbonyl (C=O) groups is 2. The highest BCUT2D eigenvalue weighted by Gasteiger charge is 2.35. The zero-order valence-electron chi connectivity index (χ0n) is 13.5. The van der Waals surface area contributed by atoms with E-state index in [9.17, 15) is 14.0 Å². The van der Waals surface area contributed by atoms with Gasteiger partial charge in [-0.3, -0.25) is 9.59 Å². The molecule has 1 atom stereocenters. The lowest BCUT2D eigenvalue weighted by Gasteiger charge is -2.17. The molecule has 3 rings (SSSR count). The predicted molar refractivity (Wildman–Crippen MR) is 96.2 cm³/mol. The Kier molecular flexibility index (Phi) is 5.03. The first-order chi connectivity index (χ1) is 12.0. The molecule has 0 radical (unpaired) electrons. The van der Waals surface area contributed by atoms with E-state index in [1.165, 1.54) is 12.1 Å². The summed E-state index contributed by atoms with van der Waals surface area (Å²) < 4.78 is 19.5. The Labute approximate surface area is 152 Å². The fourth-order valence-corrected chi connectivity index (χ4v) is 3.05. The molecule has 0 saturated carbocycles. The third-order valence-electron chi connectivity index (χ3n) is 4.07. The summed E-state index contributed by atoms with van der Waals surface area (Å²) in [5, 5.41) is 2.56. The number of nitrogens with one attached hydrogen (secondary N) is 1. The van der Waals surface area contributed by atoms with Gasteiger partial charge in [0.1, 0.15) is 11.6 Å². The van der Waals surface area contributed by atoms with E-state index in [2.05, 4.69) is 21.2 Å². The van der Waals surface area contributed by atoms with Crippen LogP contribution in [-0.2, 0) is 9.59 Å². The second-order valence-electron chi connectivity index (χ2n) is 5.72. The number of benzene rings is 2. The highest BCUT2D eigenvalue weighted by atomic mass is 79.9. The lowest BCUT2D eigenvalue weighted by atomic mass is 10.1. The summed E-state index contributed by atoms with van der Waals surface area (Å²) in [5.74, 6) is -0.876. The van der Waals surface area contributed by atoms with Crippen molar-refractivity contribution in [2.45, 2.75) is 6.42 Å². The number of carbonyl (C=O) groups excluding carboxylic acids is 2. The molecule has 2 aromatic rings. The van der Waals surface area contributed by atoms with Crippen LogP contribution in [0.25, 0.3) is 0 Å². The maximum absolute atomic E-state index is 13.9. The quantitative estimate of drug-likeness (QED) is 0.843. The first kappa shape index (κ1) is 17.4. The summed E-state index contributed by atoms with van der Waals surface area (Å²) in [6, 6.07) is 11.5. The number of rotatable bonds is 4. The summed E-state index contributed by atoms with van der Waals surface area (Å²) >= 11 is 3.17. The molecule has 0 aliphatic carbocycles. The van der Waals surface area contributed by atoms with Gasteiger partial charge in [-0.2, -0.15) is 0 Å². The van der Waals surface area contributed by atoms with Gasteiger partial charge in [0.05, 0.1) is 18.7 Å². The van der Waals surface area contributed by atoms with Crippen LogP contribution in [0.5, 0.6) is 5.75 Å². The maximum atomic E-state index is 13.9. The summed E-state index contributed by atoms with van der Waals surface area (Å²) in [6.45, 7) is 0.259. The number of methoxy groups -OCH3 is 1. The topological polar surface area (TPSA) is 58.6 Å². The molecule has 2 aromatic carbocycles. The molecule has 1 saturated heterocycles. The van der Waals surface area contributed by atoms with E-state index < -0.39 is 11.7 Å². The summed E-state index contributed by atoms with van der Waals surface area (Å²) in [4.78, 5) is 26.2. The van der Waals surface area contributed by atoms with Gasteiger partial charge >= 0.3 is 0 Å². The zero-order valence-corrected chi connectivity index (χ0v) is 15.0. The van der Waals surface area contributed by atoms with Gasteiger partial charge in [-0.25, -0.2) is 4.39 Å². The lowest BCUT2D eigenvalue weighted by Crippen LogP contribution is -2.28. The van der Waals surface area contributed by atoms with Crippen molar-refractivity contribution in [3.8, 4) is 5.75 Å². The van der Waals surface area contributed by atoms with Crippen LogP contribution in [0, 0.1) is 11.7 Å². The largest absolute Gasteiger partial charge is 0.497 e. The van der Waals surface area contributed by atoms with E-state index >= 15 is 0 Å². The van der Waals surface area contributed by atoms with Crippen LogP contribution < -0.4 is 15.0 Å². The third-order valence-corrected chi connectivity index (χ3v) is 4.56. The predicted octanol–water partition coefficient (Wildman–Crippen LogP) is 3.59. The first-order valence-corrected chi connectivity index (χ1v) is 8.47. The van der Waals surface area contributed by atoms with Gasteiger partial charge < -0.3 is 15.0 Å². The molecule has 1 heterocycles. The molecule has 25 heavy (non-hydrogen) atoms. The smallest absolute Gasteiger partial charge is 0.229 e. The van der Waals surface area contributed by atoms with Gasteiger partial charge in [0.2, 0.25) is 11.8 Å². The van der Waals surface area contributed by atoms with E-state index in [0.717, 1.165) is 0 Å². The summed E-state index contributed by atoms with van der Waals surface area (Å²) in [7, 11) is 1.57. The summed E-state index contributed by atoms with van der Waals surface area (Å²) in [5.41, 5.74) is 0.805. The fourth-order valence-electron chi connectivity index (χ4n) is 2.72. The number of ether oxygens (including phenoxy) is 1. The van der Waals surface area contributed by atoms with Crippen LogP contribution in [-0.4, -0.2) is 25.5 Å². The highest BCUT2D eigenvalue weighted by Crippen LogP contribution is 2.28. The first-order valence-electron chi connectivity index (χ1n) is 7.68. The number of amides is 2. The standard InChI is InChI=1S/C18H16BrFN2O3/c1-25-14-5-3-13(4-6-14)22-10-11(8-17(22)23)18(24)21-16-7-2-12(19)9-15(16)20/h2-7,9,11H,8,10H2,1H3,(H,21,24)/t11-/m1/s1. The van der Waals surface area contributed by atoms with Gasteiger partial charge in [0.15, 0.2) is 0 Å². The van der Waals surface area contributed by atoms with E-state index in [0.29, 0.717) is 15.9 Å². The van der Waals surface area contributed by atoms with E-state index in [1.807, 2.05) is 0 Å². The number of anilines is 2. The Morgan fingerprint density at radius 2 is 2.00 bits per heavy atom. The molecule has 0 bridgehead atoms. The molecule has 1 aliphatic heterocycles. The molecule has 5 nitrogen and oxygen atoms in total. The van der Waals surface area contributed by atoms with Crippen LogP contribution in [0.3, 0.4) is 0 Å². The van der Waals surface area contributed by atoms with Crippen LogP contribution >= 0.6 is 15.9 Å². The lowest BCUT2D eigenvalue weighted by molar-refractivity contribution is -0.122. The van der Waals surface area contributed by atoms with E-state index in [1.54, 1.807) is 42.3 Å². The van der Waals surface area contributed by atoms with Crippen molar-refractivity contribution < 1.29 is 18.7 Å². The molecular formula is C18H16BrFN2O3. The molecule has 0 spiro atoms. The SMILES string of the molecule is COc1ccc(N2C[C@H](C(=O)Nc3ccc(Br)cc3F)CC2=O)cc1. The molecule has 1 aliphatic rings. The van der Waals surface area contributed by atoms with Gasteiger partial charge in [0.25, 0.3) is 0 Å². The van der Waals surface area contributed by atoms with Crippen molar-refractivity contribution in [2.24, 2.45) is 5.92 Å². The van der Waals surface area contributed by atoms with Gasteiger partial charge in [-0.15, -0.1) is 0 Å². The number of hydrogen-bond acceptors (Lipinski definition) is 3. The normalized spacial score (nSPS) is 16.8. The van der Waals surface area contributed by atoms with Gasteiger partial charge in [0, 0.05) is 23.1 Å². The molecule has 1 fully saturated rings. The van der Waals surface area contributed by atoms with Gasteiger partial charge in [-0.1, -0.05) is 15.9 Å². The Morgan fingerprint density at radius 1 is 1.28 bits per heavy atom. The number of nitrogens with zero attached hydrogens (tertiary/aromatic N) is 1. The van der Waals surface area contributed by atoms with Crippen LogP contribution in [0.2, 0.25) is 0 Å². The second-order valence-corrected chi connectivity index (χ2v) is 6.63. The zero-order chi connectivity index (χ0) is 18.0. The molecular weight excluding hydrogens is 391 g/mol. The van der Waals surface area contributed by atoms with Crippen LogP contribution in [0.4, 0.5) is 15.8 Å². The van der Waals surface area contributed by atoms with E-state index in [-0.39, 0.29) is 30.5 Å². The minimum atomic E-state index is -0.530. The number of halogens is 2. The molecule has 130 valence electrons. The van der Waals surface area contributed by atoms with Crippen molar-refractivity contribution in [1.29, 1.82) is 0 Å². The van der Waals surface area contributed by atoms with Crippen LogP contribution in [0.1, 0.15) is 6.42 Å². The van der Waals surface area contributed by atoms with Crippen molar-refractivity contribution in [3.05, 3.63) is 52.8 Å². The van der Waals surface area contributed by atoms with E-state index in [4.69, 9.17) is 4.74 Å². The van der Waals surface area contributed by atoms with Crippen molar-refractivity contribution in [2.75, 3.05) is 23.9 Å². The molecule has 0 unspecified atom stereocenters. The average Bonchev–Trinajstić information content (AvgIpc) is 2.99. The highest BCUT2D eigenvalue weighted by molar-refractivity contribution is 9.10. The molecule has 2 amide bonds. The maximum Gasteiger partial charge on any atom is 0.229 e. The Balaban J connectivity index is 1.69. The minimum absolute atomic E-state index is 0.0933. The van der Waals surface area contributed by atoms with Crippen molar-refractivity contribution >= 4 is 39.1 Å². The van der Waals surface area contributed by atoms with Gasteiger partial charge in [-0.05, 0) is 42.5 Å². The fraction of sp³-hybridized carbons (Fsp3) is 0.222. The Morgan fingerprint density at radius 3 is 2.64 bits per heavy atom. The summed E-state index contributed by atoms with van der Waals surface area (Å²) in [6.07, 6.45) is 0.0933. The van der Waals surface area contributed by atoms with Crippen molar-refractivity contribution in [1.82, 2.24) is 0 Å². The average molecular weight is 407 g/mol. The van der Waals surface area contributed by atoms with Crippen molar-refractivity contribution in [3.63, 3.8) is 0 Å². The molecule has 7 heteroatoms. The second kappa shape index (κ2) is 7.23. The number of hydrogen-bond donors (Lipinski definition) is 1. The minimum Gasteiger partial charge on any atom is -0.497 e. The van der Waals surface area contributed by atoms with Crippen LogP contribution in [0.15, 0.2) is 46.9 Å². The third kappa shape index (κ3) is 3.82. The Bertz CT molecular complexity index is 810. The molecule has 1 N–H and O–H groups in total. The monoisotopic (exact) mass is 406 g/mol. The Hall–Kier alpha value is -2.41.